The van der Waals surface area contributed by atoms with E-state index in [9.17, 15) is 26.4 Å². The van der Waals surface area contributed by atoms with Crippen molar-refractivity contribution < 1.29 is 31.1 Å². The summed E-state index contributed by atoms with van der Waals surface area (Å²) in [5.74, 6) is -0.210. The Bertz CT molecular complexity index is 1270. The smallest absolute Gasteiger partial charge is 0.417 e. The van der Waals surface area contributed by atoms with Gasteiger partial charge in [0, 0.05) is 12.1 Å². The molecule has 1 amide bonds. The van der Waals surface area contributed by atoms with Gasteiger partial charge >= 0.3 is 6.18 Å². The van der Waals surface area contributed by atoms with Crippen LogP contribution in [-0.4, -0.2) is 28.0 Å². The zero-order valence-corrected chi connectivity index (χ0v) is 19.4. The molecule has 3 aromatic carbocycles. The molecular formula is C23H20ClF3N2O4S. The van der Waals surface area contributed by atoms with Gasteiger partial charge in [0.2, 0.25) is 5.91 Å². The Hall–Kier alpha value is -3.24. The van der Waals surface area contributed by atoms with Gasteiger partial charge in [-0.2, -0.15) is 13.2 Å². The second-order valence-electron chi connectivity index (χ2n) is 7.08. The van der Waals surface area contributed by atoms with Crippen LogP contribution in [0.5, 0.6) is 5.75 Å². The molecule has 3 rings (SSSR count). The Morgan fingerprint density at radius 2 is 1.68 bits per heavy atom. The van der Waals surface area contributed by atoms with Gasteiger partial charge in [0.1, 0.15) is 12.3 Å². The number of para-hydroxylation sites is 1. The first kappa shape index (κ1) is 25.4. The quantitative estimate of drug-likeness (QED) is 0.467. The molecular weight excluding hydrogens is 493 g/mol. The summed E-state index contributed by atoms with van der Waals surface area (Å²) in [5, 5.41) is 1.99. The lowest BCUT2D eigenvalue weighted by molar-refractivity contribution is -0.137. The number of hydrogen-bond donors (Lipinski definition) is 1. The highest BCUT2D eigenvalue weighted by Crippen LogP contribution is 2.38. The normalized spacial score (nSPS) is 11.7. The summed E-state index contributed by atoms with van der Waals surface area (Å²) in [7, 11) is -2.92. The number of rotatable bonds is 8. The number of amides is 1. The van der Waals surface area contributed by atoms with E-state index in [1.54, 1.807) is 30.3 Å². The average molecular weight is 513 g/mol. The van der Waals surface area contributed by atoms with Crippen molar-refractivity contribution >= 4 is 33.2 Å². The molecule has 1 N–H and O–H groups in total. The molecule has 3 aromatic rings. The lowest BCUT2D eigenvalue weighted by Gasteiger charge is -2.25. The number of alkyl halides is 3. The minimum absolute atomic E-state index is 0.0243. The molecule has 0 heterocycles. The van der Waals surface area contributed by atoms with E-state index >= 15 is 0 Å². The molecule has 6 nitrogen and oxygen atoms in total. The number of nitrogens with one attached hydrogen (secondary N) is 1. The van der Waals surface area contributed by atoms with Crippen molar-refractivity contribution in [2.75, 3.05) is 18.0 Å². The molecule has 0 atom stereocenters. The number of halogens is 4. The maximum absolute atomic E-state index is 13.4. The fraction of sp³-hybridized carbons (Fsp3) is 0.174. The average Bonchev–Trinajstić information content (AvgIpc) is 2.81. The zero-order valence-electron chi connectivity index (χ0n) is 17.8. The maximum atomic E-state index is 13.4. The number of anilines is 1. The summed E-state index contributed by atoms with van der Waals surface area (Å²) in [4.78, 5) is 12.5. The van der Waals surface area contributed by atoms with Gasteiger partial charge in [-0.05, 0) is 36.4 Å². The van der Waals surface area contributed by atoms with Crippen molar-refractivity contribution in [3.63, 3.8) is 0 Å². The Labute approximate surface area is 200 Å². The third-order valence-corrected chi connectivity index (χ3v) is 6.95. The summed E-state index contributed by atoms with van der Waals surface area (Å²) < 4.78 is 72.7. The maximum Gasteiger partial charge on any atom is 0.417 e. The minimum Gasteiger partial charge on any atom is -0.496 e. The van der Waals surface area contributed by atoms with Crippen LogP contribution in [0, 0.1) is 0 Å². The van der Waals surface area contributed by atoms with Crippen LogP contribution in [0.3, 0.4) is 0 Å². The Morgan fingerprint density at radius 3 is 2.32 bits per heavy atom. The lowest BCUT2D eigenvalue weighted by Crippen LogP contribution is -2.40. The molecule has 0 spiro atoms. The molecule has 0 radical (unpaired) electrons. The van der Waals surface area contributed by atoms with Crippen molar-refractivity contribution in [3.05, 3.63) is 88.9 Å². The van der Waals surface area contributed by atoms with Gasteiger partial charge in [0.05, 0.1) is 28.3 Å². The van der Waals surface area contributed by atoms with Gasteiger partial charge in [-0.15, -0.1) is 0 Å². The highest BCUT2D eigenvalue weighted by atomic mass is 35.5. The first-order chi connectivity index (χ1) is 16.0. The van der Waals surface area contributed by atoms with Gasteiger partial charge in [0.25, 0.3) is 10.0 Å². The number of carbonyl (C=O) groups excluding carboxylic acids is 1. The highest BCUT2D eigenvalue weighted by Gasteiger charge is 2.35. The number of hydrogen-bond acceptors (Lipinski definition) is 4. The lowest BCUT2D eigenvalue weighted by atomic mass is 10.2. The van der Waals surface area contributed by atoms with Gasteiger partial charge in [-0.1, -0.05) is 48.0 Å². The van der Waals surface area contributed by atoms with Gasteiger partial charge in [-0.3, -0.25) is 9.10 Å². The van der Waals surface area contributed by atoms with Crippen LogP contribution in [-0.2, 0) is 27.5 Å². The molecule has 34 heavy (non-hydrogen) atoms. The van der Waals surface area contributed by atoms with E-state index in [1.807, 2.05) is 0 Å². The van der Waals surface area contributed by atoms with Crippen LogP contribution in [0.25, 0.3) is 0 Å². The number of carbonyl (C=O) groups is 1. The minimum atomic E-state index is -4.82. The monoisotopic (exact) mass is 512 g/mol. The van der Waals surface area contributed by atoms with Crippen LogP contribution >= 0.6 is 11.6 Å². The topological polar surface area (TPSA) is 75.7 Å². The number of methoxy groups -OCH3 is 1. The second-order valence-corrected chi connectivity index (χ2v) is 9.34. The molecule has 0 saturated carbocycles. The van der Waals surface area contributed by atoms with Crippen LogP contribution in [0.2, 0.25) is 5.02 Å². The Morgan fingerprint density at radius 1 is 1.03 bits per heavy atom. The summed E-state index contributed by atoms with van der Waals surface area (Å²) in [6, 6.07) is 16.7. The van der Waals surface area contributed by atoms with Crippen LogP contribution < -0.4 is 14.4 Å². The molecule has 11 heteroatoms. The second kappa shape index (κ2) is 10.4. The van der Waals surface area contributed by atoms with Gasteiger partial charge in [-0.25, -0.2) is 8.42 Å². The standard InChI is InChI=1S/C23H20ClF3N2O4S/c1-33-21-10-6-5-7-16(21)14-28-22(30)15-29(34(31,32)18-8-3-2-4-9-18)17-11-12-20(24)19(13-17)23(25,26)27/h2-13H,14-15H2,1H3,(H,28,30). The number of nitrogens with zero attached hydrogens (tertiary/aromatic N) is 1. The first-order valence-corrected chi connectivity index (χ1v) is 11.7. The number of sulfonamides is 1. The third-order valence-electron chi connectivity index (χ3n) is 4.83. The summed E-state index contributed by atoms with van der Waals surface area (Å²) in [5.41, 5.74) is -0.927. The van der Waals surface area contributed by atoms with Crippen molar-refractivity contribution in [3.8, 4) is 5.75 Å². The molecule has 0 bridgehead atoms. The van der Waals surface area contributed by atoms with E-state index in [-0.39, 0.29) is 17.1 Å². The number of benzene rings is 3. The van der Waals surface area contributed by atoms with Gasteiger partial charge in [0.15, 0.2) is 0 Å². The summed E-state index contributed by atoms with van der Waals surface area (Å²) in [6.45, 7) is -0.734. The van der Waals surface area contributed by atoms with E-state index in [0.717, 1.165) is 12.1 Å². The third kappa shape index (κ3) is 5.81. The van der Waals surface area contributed by atoms with E-state index in [0.29, 0.717) is 21.7 Å². The van der Waals surface area contributed by atoms with Crippen molar-refractivity contribution in [2.45, 2.75) is 17.6 Å². The van der Waals surface area contributed by atoms with E-state index < -0.39 is 39.2 Å². The Kier molecular flexibility index (Phi) is 7.73. The number of ether oxygens (including phenoxy) is 1. The molecule has 0 saturated heterocycles. The predicted molar refractivity (Wildman–Crippen MR) is 122 cm³/mol. The highest BCUT2D eigenvalue weighted by molar-refractivity contribution is 7.92. The van der Waals surface area contributed by atoms with Crippen molar-refractivity contribution in [1.82, 2.24) is 5.32 Å². The predicted octanol–water partition coefficient (Wildman–Crippen LogP) is 4.88. The molecule has 180 valence electrons. The molecule has 0 aliphatic heterocycles. The summed E-state index contributed by atoms with van der Waals surface area (Å²) in [6.07, 6.45) is -4.82. The largest absolute Gasteiger partial charge is 0.496 e. The fourth-order valence-corrected chi connectivity index (χ4v) is 4.81. The molecule has 0 aromatic heterocycles. The molecule has 0 unspecified atom stereocenters. The molecule has 0 fully saturated rings. The SMILES string of the molecule is COc1ccccc1CNC(=O)CN(c1ccc(Cl)c(C(F)(F)F)c1)S(=O)(=O)c1ccccc1. The van der Waals surface area contributed by atoms with Crippen LogP contribution in [0.1, 0.15) is 11.1 Å². The Balaban J connectivity index is 1.95. The van der Waals surface area contributed by atoms with Crippen LogP contribution in [0.4, 0.5) is 18.9 Å². The van der Waals surface area contributed by atoms with Gasteiger partial charge < -0.3 is 10.1 Å². The fourth-order valence-electron chi connectivity index (χ4n) is 3.15. The van der Waals surface area contributed by atoms with E-state index in [1.165, 1.54) is 31.4 Å². The van der Waals surface area contributed by atoms with E-state index in [2.05, 4.69) is 5.32 Å². The van der Waals surface area contributed by atoms with Crippen LogP contribution in [0.15, 0.2) is 77.7 Å². The summed E-state index contributed by atoms with van der Waals surface area (Å²) >= 11 is 5.69. The molecule has 0 aliphatic rings. The van der Waals surface area contributed by atoms with Crippen molar-refractivity contribution in [2.24, 2.45) is 0 Å². The first-order valence-electron chi connectivity index (χ1n) is 9.87. The van der Waals surface area contributed by atoms with E-state index in [4.69, 9.17) is 16.3 Å². The molecule has 0 aliphatic carbocycles. The van der Waals surface area contributed by atoms with Crippen molar-refractivity contribution in [1.29, 1.82) is 0 Å². The zero-order chi connectivity index (χ0) is 24.9.